The molecule has 0 aliphatic heterocycles. The van der Waals surface area contributed by atoms with Crippen molar-refractivity contribution in [1.82, 2.24) is 10.2 Å². The highest BCUT2D eigenvalue weighted by Crippen LogP contribution is 2.33. The van der Waals surface area contributed by atoms with Crippen LogP contribution in [-0.4, -0.2) is 28.7 Å². The maximum Gasteiger partial charge on any atom is 0.290 e. The summed E-state index contributed by atoms with van der Waals surface area (Å²) in [4.78, 5) is 19.4. The summed E-state index contributed by atoms with van der Waals surface area (Å²) in [6.07, 6.45) is 5.02. The highest BCUT2D eigenvalue weighted by atomic mass is 35.5. The number of hydrogen-bond donors (Lipinski definition) is 2. The number of nitrogens with zero attached hydrogens (tertiary/aromatic N) is 3. The molecule has 40 heavy (non-hydrogen) atoms. The maximum atomic E-state index is 14.5. The van der Waals surface area contributed by atoms with E-state index < -0.39 is 23.2 Å². The van der Waals surface area contributed by atoms with Crippen LogP contribution in [0.25, 0.3) is 0 Å². The first kappa shape index (κ1) is 30.3. The van der Waals surface area contributed by atoms with E-state index in [0.717, 1.165) is 43.9 Å². The molecule has 0 unspecified atom stereocenters. The van der Waals surface area contributed by atoms with Gasteiger partial charge < -0.3 is 10.2 Å². The molecular formula is C30H29ClF3N5O. The van der Waals surface area contributed by atoms with Crippen molar-refractivity contribution < 1.29 is 18.0 Å². The summed E-state index contributed by atoms with van der Waals surface area (Å²) in [7, 11) is 0. The van der Waals surface area contributed by atoms with Gasteiger partial charge in [-0.1, -0.05) is 50.2 Å². The van der Waals surface area contributed by atoms with E-state index in [2.05, 4.69) is 35.4 Å². The smallest absolute Gasteiger partial charge is 0.290 e. The normalized spacial score (nSPS) is 14.3. The number of nitrogens with one attached hydrogen (secondary N) is 2. The highest BCUT2D eigenvalue weighted by Gasteiger charge is 2.30. The molecule has 0 bridgehead atoms. The van der Waals surface area contributed by atoms with E-state index in [1.807, 2.05) is 6.07 Å². The zero-order chi connectivity index (χ0) is 29.4. The summed E-state index contributed by atoms with van der Waals surface area (Å²) in [5.74, 6) is -4.90. The first-order valence-corrected chi connectivity index (χ1v) is 12.8. The number of rotatable bonds is 9. The average molecular weight is 568 g/mol. The number of alkyl halides is 2. The third-order valence-corrected chi connectivity index (χ3v) is 6.39. The Morgan fingerprint density at radius 1 is 1.23 bits per heavy atom. The van der Waals surface area contributed by atoms with E-state index in [4.69, 9.17) is 11.6 Å². The summed E-state index contributed by atoms with van der Waals surface area (Å²) in [5, 5.41) is 14.7. The molecule has 3 rings (SSSR count). The molecule has 0 saturated heterocycles. The molecule has 2 N–H and O–H groups in total. The number of guanidine groups is 1. The van der Waals surface area contributed by atoms with Gasteiger partial charge in [0.15, 0.2) is 0 Å². The zero-order valence-electron chi connectivity index (χ0n) is 22.0. The van der Waals surface area contributed by atoms with Gasteiger partial charge in [0.1, 0.15) is 11.6 Å². The number of benzene rings is 2. The van der Waals surface area contributed by atoms with E-state index >= 15 is 0 Å². The summed E-state index contributed by atoms with van der Waals surface area (Å²) < 4.78 is 43.1. The molecule has 0 aromatic heterocycles. The second-order valence-corrected chi connectivity index (χ2v) is 9.73. The molecular weight excluding hydrogens is 539 g/mol. The lowest BCUT2D eigenvalue weighted by atomic mass is 10.1. The lowest BCUT2D eigenvalue weighted by molar-refractivity contribution is 0.0975. The van der Waals surface area contributed by atoms with Gasteiger partial charge in [0.2, 0.25) is 5.96 Å². The number of allylic oxidation sites excluding steroid dienone is 4. The summed E-state index contributed by atoms with van der Waals surface area (Å²) in [6.45, 7) is 12.5. The number of halogens is 4. The van der Waals surface area contributed by atoms with Crippen LogP contribution in [-0.2, 0) is 0 Å². The number of carbonyl (C=O) groups is 1. The van der Waals surface area contributed by atoms with Crippen LogP contribution in [0.15, 0.2) is 96.4 Å². The summed E-state index contributed by atoms with van der Waals surface area (Å²) in [6, 6.07) is 11.5. The predicted octanol–water partition coefficient (Wildman–Crippen LogP) is 7.55. The number of amides is 1. The molecule has 0 heterocycles. The number of carbonyl (C=O) groups excluding carboxylic acids is 1. The van der Waals surface area contributed by atoms with Crippen molar-refractivity contribution in [3.05, 3.63) is 113 Å². The van der Waals surface area contributed by atoms with E-state index in [1.165, 1.54) is 24.3 Å². The predicted molar refractivity (Wildman–Crippen MR) is 152 cm³/mol. The number of nitriles is 1. The fourth-order valence-electron chi connectivity index (χ4n) is 4.27. The van der Waals surface area contributed by atoms with Crippen molar-refractivity contribution >= 4 is 29.2 Å². The van der Waals surface area contributed by atoms with Gasteiger partial charge in [-0.3, -0.25) is 10.1 Å². The maximum absolute atomic E-state index is 14.5. The van der Waals surface area contributed by atoms with Crippen LogP contribution in [0, 0.1) is 17.1 Å². The van der Waals surface area contributed by atoms with Gasteiger partial charge in [-0.2, -0.15) is 19.0 Å². The Bertz CT molecular complexity index is 1400. The minimum atomic E-state index is -3.43. The highest BCUT2D eigenvalue weighted by molar-refractivity contribution is 6.31. The molecule has 2 aromatic rings. The van der Waals surface area contributed by atoms with Crippen molar-refractivity contribution in [1.29, 1.82) is 5.26 Å². The van der Waals surface area contributed by atoms with Crippen molar-refractivity contribution in [2.45, 2.75) is 44.6 Å². The average Bonchev–Trinajstić information content (AvgIpc) is 3.42. The molecule has 0 radical (unpaired) electrons. The molecule has 1 saturated carbocycles. The quantitative estimate of drug-likeness (QED) is 0.142. The minimum Gasteiger partial charge on any atom is -0.328 e. The lowest BCUT2D eigenvalue weighted by Gasteiger charge is -2.32. The van der Waals surface area contributed by atoms with E-state index in [0.29, 0.717) is 11.8 Å². The molecule has 6 nitrogen and oxygen atoms in total. The molecule has 0 spiro atoms. The summed E-state index contributed by atoms with van der Waals surface area (Å²) in [5.41, 5.74) is 0.512. The Kier molecular flexibility index (Phi) is 9.97. The molecule has 208 valence electrons. The lowest BCUT2D eigenvalue weighted by Crippen LogP contribution is -2.38. The Morgan fingerprint density at radius 3 is 2.52 bits per heavy atom. The van der Waals surface area contributed by atoms with Gasteiger partial charge in [0.25, 0.3) is 11.8 Å². The van der Waals surface area contributed by atoms with Crippen molar-refractivity contribution in [3.8, 4) is 6.07 Å². The second-order valence-electron chi connectivity index (χ2n) is 9.29. The minimum absolute atomic E-state index is 0.0296. The van der Waals surface area contributed by atoms with Crippen LogP contribution in [0.5, 0.6) is 0 Å². The van der Waals surface area contributed by atoms with Crippen molar-refractivity contribution in [2.24, 2.45) is 4.99 Å². The van der Waals surface area contributed by atoms with Crippen molar-refractivity contribution in [3.63, 3.8) is 0 Å². The third kappa shape index (κ3) is 7.87. The van der Waals surface area contributed by atoms with Gasteiger partial charge in [0, 0.05) is 33.6 Å². The third-order valence-electron chi connectivity index (χ3n) is 6.17. The fraction of sp³-hybridized carbons (Fsp3) is 0.233. The Labute approximate surface area is 236 Å². The second kappa shape index (κ2) is 13.2. The Balaban J connectivity index is 2.16. The SMILES string of the molecule is C=CC(F)(F)C(=C)/C=C(/N=C(NC(=O)c1cccc(C#N)c1)Nc1cc(F)cc(Cl)c1)N(C(=C)C)C1CCCC1. The molecule has 10 heteroatoms. The zero-order valence-corrected chi connectivity index (χ0v) is 22.7. The van der Waals surface area contributed by atoms with E-state index in [9.17, 15) is 23.2 Å². The topological polar surface area (TPSA) is 80.5 Å². The fourth-order valence-corrected chi connectivity index (χ4v) is 4.49. The van der Waals surface area contributed by atoms with Crippen LogP contribution in [0.4, 0.5) is 18.9 Å². The Morgan fingerprint density at radius 2 is 1.93 bits per heavy atom. The Hall–Kier alpha value is -4.29. The molecule has 1 aliphatic rings. The van der Waals surface area contributed by atoms with E-state index in [-0.39, 0.29) is 39.7 Å². The molecule has 1 aliphatic carbocycles. The molecule has 1 fully saturated rings. The number of aliphatic imine (C=N–C) groups is 1. The first-order valence-electron chi connectivity index (χ1n) is 12.4. The molecule has 0 atom stereocenters. The van der Waals surface area contributed by atoms with Gasteiger partial charge >= 0.3 is 0 Å². The monoisotopic (exact) mass is 567 g/mol. The molecule has 1 amide bonds. The van der Waals surface area contributed by atoms with Gasteiger partial charge in [0.05, 0.1) is 11.6 Å². The largest absolute Gasteiger partial charge is 0.328 e. The van der Waals surface area contributed by atoms with Gasteiger partial charge in [-0.15, -0.1) is 0 Å². The van der Waals surface area contributed by atoms with Crippen molar-refractivity contribution in [2.75, 3.05) is 5.32 Å². The van der Waals surface area contributed by atoms with Crippen LogP contribution in [0.3, 0.4) is 0 Å². The van der Waals surface area contributed by atoms with Crippen LogP contribution in [0.2, 0.25) is 5.02 Å². The summed E-state index contributed by atoms with van der Waals surface area (Å²) >= 11 is 6.01. The molecule has 2 aromatic carbocycles. The standard InChI is InChI=1S/C30H29ClF3N5O/c1-5-30(33,34)20(4)13-27(39(19(2)3)26-11-6-7-12-26)37-29(36-25-16-23(31)15-24(32)17-25)38-28(40)22-10-8-9-21(14-22)18-35/h5,8-10,13-17,26H,1-2,4,6-7,11-12H2,3H3,(H2,36,37,38,40)/b27-13-. The van der Waals surface area contributed by atoms with Gasteiger partial charge in [-0.05, 0) is 68.3 Å². The van der Waals surface area contributed by atoms with Crippen LogP contribution in [0.1, 0.15) is 48.5 Å². The van der Waals surface area contributed by atoms with Crippen LogP contribution >= 0.6 is 11.6 Å². The van der Waals surface area contributed by atoms with Gasteiger partial charge in [-0.25, -0.2) is 4.39 Å². The number of anilines is 1. The number of hydrogen-bond acceptors (Lipinski definition) is 4. The first-order chi connectivity index (χ1) is 18.9. The van der Waals surface area contributed by atoms with E-state index in [1.54, 1.807) is 17.9 Å². The van der Waals surface area contributed by atoms with Crippen LogP contribution < -0.4 is 10.6 Å².